The Morgan fingerprint density at radius 2 is 2.18 bits per heavy atom. The molecule has 0 unspecified atom stereocenters. The fraction of sp³-hybridized carbons (Fsp3) is 0.167. The van der Waals surface area contributed by atoms with Gasteiger partial charge in [-0.15, -0.1) is 0 Å². The standard InChI is InChI=1S/C12H13N3O2/c1-13-10-7-14-11(15-12(10)17-2)8-4-3-5-9(16)6-8/h3-7,13,16H,1-2H3. The molecule has 17 heavy (non-hydrogen) atoms. The molecule has 0 aliphatic heterocycles. The molecule has 0 atom stereocenters. The zero-order chi connectivity index (χ0) is 12.3. The van der Waals surface area contributed by atoms with Crippen molar-refractivity contribution in [2.45, 2.75) is 0 Å². The lowest BCUT2D eigenvalue weighted by Gasteiger charge is -2.08. The van der Waals surface area contributed by atoms with Crippen molar-refractivity contribution in [2.75, 3.05) is 19.5 Å². The number of ether oxygens (including phenoxy) is 1. The maximum atomic E-state index is 9.40. The van der Waals surface area contributed by atoms with E-state index in [1.54, 1.807) is 38.6 Å². The molecule has 0 spiro atoms. The number of hydrogen-bond donors (Lipinski definition) is 2. The van der Waals surface area contributed by atoms with Crippen molar-refractivity contribution in [1.29, 1.82) is 0 Å². The largest absolute Gasteiger partial charge is 0.508 e. The highest BCUT2D eigenvalue weighted by molar-refractivity contribution is 5.61. The number of nitrogens with zero attached hydrogens (tertiary/aromatic N) is 2. The van der Waals surface area contributed by atoms with Gasteiger partial charge in [0.2, 0.25) is 5.88 Å². The van der Waals surface area contributed by atoms with Gasteiger partial charge in [-0.2, -0.15) is 4.98 Å². The first-order valence-electron chi connectivity index (χ1n) is 5.13. The van der Waals surface area contributed by atoms with Crippen LogP contribution < -0.4 is 10.1 Å². The summed E-state index contributed by atoms with van der Waals surface area (Å²) in [6.45, 7) is 0. The number of benzene rings is 1. The van der Waals surface area contributed by atoms with Crippen LogP contribution in [-0.2, 0) is 0 Å². The minimum absolute atomic E-state index is 0.183. The highest BCUT2D eigenvalue weighted by Crippen LogP contribution is 2.25. The molecule has 0 radical (unpaired) electrons. The van der Waals surface area contributed by atoms with E-state index in [1.165, 1.54) is 0 Å². The molecule has 88 valence electrons. The molecule has 5 nitrogen and oxygen atoms in total. The molecule has 0 aliphatic rings. The van der Waals surface area contributed by atoms with Crippen molar-refractivity contribution < 1.29 is 9.84 Å². The average Bonchev–Trinajstić information content (AvgIpc) is 2.38. The SMILES string of the molecule is CNc1cnc(-c2cccc(O)c2)nc1OC. The Balaban J connectivity index is 2.46. The van der Waals surface area contributed by atoms with Gasteiger partial charge in [-0.05, 0) is 12.1 Å². The Bertz CT molecular complexity index is 529. The van der Waals surface area contributed by atoms with Crippen molar-refractivity contribution in [2.24, 2.45) is 0 Å². The van der Waals surface area contributed by atoms with Crippen molar-refractivity contribution in [1.82, 2.24) is 9.97 Å². The number of phenolic OH excluding ortho intramolecular Hbond substituents is 1. The highest BCUT2D eigenvalue weighted by atomic mass is 16.5. The summed E-state index contributed by atoms with van der Waals surface area (Å²) in [5.41, 5.74) is 1.46. The summed E-state index contributed by atoms with van der Waals surface area (Å²) >= 11 is 0. The van der Waals surface area contributed by atoms with Gasteiger partial charge in [0.15, 0.2) is 5.82 Å². The Morgan fingerprint density at radius 3 is 2.82 bits per heavy atom. The number of phenols is 1. The van der Waals surface area contributed by atoms with Gasteiger partial charge in [0.1, 0.15) is 11.4 Å². The van der Waals surface area contributed by atoms with Crippen LogP contribution in [0.4, 0.5) is 5.69 Å². The van der Waals surface area contributed by atoms with Crippen LogP contribution in [0.3, 0.4) is 0 Å². The topological polar surface area (TPSA) is 67.3 Å². The average molecular weight is 231 g/mol. The van der Waals surface area contributed by atoms with E-state index in [4.69, 9.17) is 4.74 Å². The predicted molar refractivity (Wildman–Crippen MR) is 65.2 cm³/mol. The fourth-order valence-electron chi connectivity index (χ4n) is 1.48. The van der Waals surface area contributed by atoms with Crippen LogP contribution in [0.25, 0.3) is 11.4 Å². The summed E-state index contributed by atoms with van der Waals surface area (Å²) in [4.78, 5) is 8.47. The number of aromatic hydroxyl groups is 1. The van der Waals surface area contributed by atoms with Gasteiger partial charge in [0, 0.05) is 12.6 Å². The predicted octanol–water partition coefficient (Wildman–Crippen LogP) is 1.90. The highest BCUT2D eigenvalue weighted by Gasteiger charge is 2.08. The minimum atomic E-state index is 0.183. The molecule has 2 rings (SSSR count). The third kappa shape index (κ3) is 2.28. The smallest absolute Gasteiger partial charge is 0.240 e. The normalized spacial score (nSPS) is 10.0. The number of methoxy groups -OCH3 is 1. The first-order chi connectivity index (χ1) is 8.24. The van der Waals surface area contributed by atoms with E-state index >= 15 is 0 Å². The Labute approximate surface area is 99.1 Å². The van der Waals surface area contributed by atoms with Crippen molar-refractivity contribution in [3.05, 3.63) is 30.5 Å². The first-order valence-corrected chi connectivity index (χ1v) is 5.13. The van der Waals surface area contributed by atoms with Crippen LogP contribution in [0.2, 0.25) is 0 Å². The number of anilines is 1. The van der Waals surface area contributed by atoms with E-state index < -0.39 is 0 Å². The van der Waals surface area contributed by atoms with Gasteiger partial charge < -0.3 is 15.2 Å². The fourth-order valence-corrected chi connectivity index (χ4v) is 1.48. The molecule has 0 saturated carbocycles. The zero-order valence-electron chi connectivity index (χ0n) is 9.64. The van der Waals surface area contributed by atoms with Gasteiger partial charge in [0.25, 0.3) is 0 Å². The molecule has 2 aromatic rings. The molecule has 0 amide bonds. The molecule has 0 aliphatic carbocycles. The number of aromatic nitrogens is 2. The quantitative estimate of drug-likeness (QED) is 0.844. The van der Waals surface area contributed by atoms with Crippen LogP contribution >= 0.6 is 0 Å². The Hall–Kier alpha value is -2.30. The summed E-state index contributed by atoms with van der Waals surface area (Å²) in [6.07, 6.45) is 1.64. The number of nitrogens with one attached hydrogen (secondary N) is 1. The van der Waals surface area contributed by atoms with Gasteiger partial charge in [-0.25, -0.2) is 4.98 Å². The summed E-state index contributed by atoms with van der Waals surface area (Å²) in [5, 5.41) is 12.3. The molecule has 2 N–H and O–H groups in total. The maximum absolute atomic E-state index is 9.40. The molecule has 1 aromatic heterocycles. The monoisotopic (exact) mass is 231 g/mol. The van der Waals surface area contributed by atoms with Gasteiger partial charge in [-0.3, -0.25) is 0 Å². The molecule has 0 bridgehead atoms. The summed E-state index contributed by atoms with van der Waals surface area (Å²) in [6, 6.07) is 6.77. The van der Waals surface area contributed by atoms with Crippen LogP contribution in [0.1, 0.15) is 0 Å². The Morgan fingerprint density at radius 1 is 1.35 bits per heavy atom. The second kappa shape index (κ2) is 4.69. The molecule has 0 fully saturated rings. The van der Waals surface area contributed by atoms with E-state index in [-0.39, 0.29) is 5.75 Å². The summed E-state index contributed by atoms with van der Waals surface area (Å²) < 4.78 is 5.15. The van der Waals surface area contributed by atoms with Crippen LogP contribution in [0.15, 0.2) is 30.5 Å². The third-order valence-corrected chi connectivity index (χ3v) is 2.32. The molecular weight excluding hydrogens is 218 g/mol. The van der Waals surface area contributed by atoms with Gasteiger partial charge in [0.05, 0.1) is 13.3 Å². The van der Waals surface area contributed by atoms with Crippen LogP contribution in [-0.4, -0.2) is 29.2 Å². The minimum Gasteiger partial charge on any atom is -0.508 e. The number of rotatable bonds is 3. The zero-order valence-corrected chi connectivity index (χ0v) is 9.64. The van der Waals surface area contributed by atoms with Crippen LogP contribution in [0, 0.1) is 0 Å². The van der Waals surface area contributed by atoms with E-state index in [9.17, 15) is 5.11 Å². The molecule has 5 heteroatoms. The third-order valence-electron chi connectivity index (χ3n) is 2.32. The first kappa shape index (κ1) is 11.2. The molecule has 0 saturated heterocycles. The van der Waals surface area contributed by atoms with E-state index in [0.717, 1.165) is 11.3 Å². The van der Waals surface area contributed by atoms with E-state index in [2.05, 4.69) is 15.3 Å². The van der Waals surface area contributed by atoms with Crippen molar-refractivity contribution >= 4 is 5.69 Å². The summed E-state index contributed by atoms with van der Waals surface area (Å²) in [5.74, 6) is 1.17. The van der Waals surface area contributed by atoms with E-state index in [0.29, 0.717) is 11.7 Å². The lowest BCUT2D eigenvalue weighted by molar-refractivity contribution is 0.399. The second-order valence-corrected chi connectivity index (χ2v) is 3.42. The molecular formula is C12H13N3O2. The Kier molecular flexibility index (Phi) is 3.09. The molecule has 1 heterocycles. The van der Waals surface area contributed by atoms with Crippen molar-refractivity contribution in [3.63, 3.8) is 0 Å². The lowest BCUT2D eigenvalue weighted by atomic mass is 10.2. The van der Waals surface area contributed by atoms with E-state index in [1.807, 2.05) is 6.07 Å². The van der Waals surface area contributed by atoms with Crippen LogP contribution in [0.5, 0.6) is 11.6 Å². The van der Waals surface area contributed by atoms with Gasteiger partial charge in [-0.1, -0.05) is 12.1 Å². The second-order valence-electron chi connectivity index (χ2n) is 3.42. The molecule has 1 aromatic carbocycles. The number of hydrogen-bond acceptors (Lipinski definition) is 5. The lowest BCUT2D eigenvalue weighted by Crippen LogP contribution is -1.99. The maximum Gasteiger partial charge on any atom is 0.240 e. The van der Waals surface area contributed by atoms with Crippen molar-refractivity contribution in [3.8, 4) is 23.0 Å². The van der Waals surface area contributed by atoms with Gasteiger partial charge >= 0.3 is 0 Å². The summed E-state index contributed by atoms with van der Waals surface area (Å²) in [7, 11) is 3.32.